The summed E-state index contributed by atoms with van der Waals surface area (Å²) in [6, 6.07) is 6.62. The number of carbonyl (C=O) groups is 1. The highest BCUT2D eigenvalue weighted by atomic mass is 35.5. The SMILES string of the molecule is COC(C)C(=O)Nc1ccc(C#N)cc1Cl. The van der Waals surface area contributed by atoms with E-state index in [9.17, 15) is 4.79 Å². The largest absolute Gasteiger partial charge is 0.372 e. The molecule has 0 aliphatic heterocycles. The number of ether oxygens (including phenoxy) is 1. The first kappa shape index (κ1) is 12.5. The maximum atomic E-state index is 11.5. The van der Waals surface area contributed by atoms with Crippen molar-refractivity contribution in [3.8, 4) is 6.07 Å². The lowest BCUT2D eigenvalue weighted by Gasteiger charge is -2.11. The molecule has 0 saturated heterocycles. The smallest absolute Gasteiger partial charge is 0.253 e. The fourth-order valence-electron chi connectivity index (χ4n) is 1.03. The molecule has 0 radical (unpaired) electrons. The third kappa shape index (κ3) is 2.96. The fraction of sp³-hybridized carbons (Fsp3) is 0.273. The first-order chi connectivity index (χ1) is 7.58. The van der Waals surface area contributed by atoms with E-state index < -0.39 is 6.10 Å². The Hall–Kier alpha value is -1.57. The zero-order valence-electron chi connectivity index (χ0n) is 8.95. The van der Waals surface area contributed by atoms with E-state index in [1.165, 1.54) is 13.2 Å². The molecule has 1 aromatic rings. The molecule has 0 aliphatic carbocycles. The lowest BCUT2D eigenvalue weighted by molar-refractivity contribution is -0.124. The van der Waals surface area contributed by atoms with Gasteiger partial charge in [-0.15, -0.1) is 0 Å². The average molecular weight is 239 g/mol. The second kappa shape index (κ2) is 5.50. The van der Waals surface area contributed by atoms with Crippen LogP contribution >= 0.6 is 11.6 Å². The number of halogens is 1. The van der Waals surface area contributed by atoms with Gasteiger partial charge >= 0.3 is 0 Å². The summed E-state index contributed by atoms with van der Waals surface area (Å²) in [4.78, 5) is 11.5. The molecular formula is C11H11ClN2O2. The third-order valence-electron chi connectivity index (χ3n) is 2.08. The number of methoxy groups -OCH3 is 1. The van der Waals surface area contributed by atoms with Crippen molar-refractivity contribution < 1.29 is 9.53 Å². The molecule has 0 saturated carbocycles. The van der Waals surface area contributed by atoms with E-state index in [1.54, 1.807) is 19.1 Å². The molecule has 1 rings (SSSR count). The summed E-state index contributed by atoms with van der Waals surface area (Å²) in [7, 11) is 1.45. The molecule has 1 N–H and O–H groups in total. The predicted molar refractivity (Wildman–Crippen MR) is 61.3 cm³/mol. The molecule has 5 heteroatoms. The standard InChI is InChI=1S/C11H11ClN2O2/c1-7(16-2)11(15)14-10-4-3-8(6-13)5-9(10)12/h3-5,7H,1-2H3,(H,14,15). The predicted octanol–water partition coefficient (Wildman–Crippen LogP) is 2.19. The van der Waals surface area contributed by atoms with Crippen LogP contribution in [0.3, 0.4) is 0 Å². The number of nitrogens with zero attached hydrogens (tertiary/aromatic N) is 1. The average Bonchev–Trinajstić information content (AvgIpc) is 2.30. The Balaban J connectivity index is 2.83. The van der Waals surface area contributed by atoms with Crippen LogP contribution in [0.4, 0.5) is 5.69 Å². The minimum Gasteiger partial charge on any atom is -0.372 e. The monoisotopic (exact) mass is 238 g/mol. The number of anilines is 1. The van der Waals surface area contributed by atoms with Gasteiger partial charge in [0.15, 0.2) is 0 Å². The molecule has 84 valence electrons. The number of hydrogen-bond donors (Lipinski definition) is 1. The van der Waals surface area contributed by atoms with Crippen LogP contribution in [-0.2, 0) is 9.53 Å². The summed E-state index contributed by atoms with van der Waals surface area (Å²) < 4.78 is 4.86. The maximum Gasteiger partial charge on any atom is 0.253 e. The molecule has 4 nitrogen and oxygen atoms in total. The lowest BCUT2D eigenvalue weighted by Crippen LogP contribution is -2.26. The quantitative estimate of drug-likeness (QED) is 0.878. The number of nitrogens with one attached hydrogen (secondary N) is 1. The van der Waals surface area contributed by atoms with E-state index >= 15 is 0 Å². The van der Waals surface area contributed by atoms with Gasteiger partial charge in [-0.2, -0.15) is 5.26 Å². The summed E-state index contributed by atoms with van der Waals surface area (Å²) in [6.45, 7) is 1.63. The summed E-state index contributed by atoms with van der Waals surface area (Å²) >= 11 is 5.89. The molecule has 0 spiro atoms. The summed E-state index contributed by atoms with van der Waals surface area (Å²) in [5.74, 6) is -0.283. The Morgan fingerprint density at radius 1 is 1.62 bits per heavy atom. The number of rotatable bonds is 3. The molecule has 0 fully saturated rings. The van der Waals surface area contributed by atoms with Crippen molar-refractivity contribution >= 4 is 23.2 Å². The molecule has 1 atom stereocenters. The number of carbonyl (C=O) groups excluding carboxylic acids is 1. The maximum absolute atomic E-state index is 11.5. The van der Waals surface area contributed by atoms with Crippen LogP contribution in [0.5, 0.6) is 0 Å². The van der Waals surface area contributed by atoms with Crippen molar-refractivity contribution in [2.45, 2.75) is 13.0 Å². The second-order valence-electron chi connectivity index (χ2n) is 3.17. The Bertz CT molecular complexity index is 440. The van der Waals surface area contributed by atoms with Crippen molar-refractivity contribution in [2.75, 3.05) is 12.4 Å². The zero-order chi connectivity index (χ0) is 12.1. The fourth-order valence-corrected chi connectivity index (χ4v) is 1.26. The van der Waals surface area contributed by atoms with Crippen molar-refractivity contribution in [2.24, 2.45) is 0 Å². The van der Waals surface area contributed by atoms with Crippen LogP contribution in [0.15, 0.2) is 18.2 Å². The second-order valence-corrected chi connectivity index (χ2v) is 3.58. The van der Waals surface area contributed by atoms with Crippen LogP contribution in [-0.4, -0.2) is 19.1 Å². The normalized spacial score (nSPS) is 11.6. The Kier molecular flexibility index (Phi) is 4.29. The van der Waals surface area contributed by atoms with E-state index in [1.807, 2.05) is 6.07 Å². The van der Waals surface area contributed by atoms with Gasteiger partial charge < -0.3 is 10.1 Å². The van der Waals surface area contributed by atoms with Crippen molar-refractivity contribution in [1.29, 1.82) is 5.26 Å². The van der Waals surface area contributed by atoms with Gasteiger partial charge in [0.2, 0.25) is 0 Å². The molecule has 1 unspecified atom stereocenters. The van der Waals surface area contributed by atoms with Gasteiger partial charge in [0.05, 0.1) is 22.3 Å². The molecule has 0 heterocycles. The van der Waals surface area contributed by atoms with E-state index in [2.05, 4.69) is 5.32 Å². The number of nitriles is 1. The third-order valence-corrected chi connectivity index (χ3v) is 2.39. The summed E-state index contributed by atoms with van der Waals surface area (Å²) in [5, 5.41) is 11.6. The number of hydrogen-bond acceptors (Lipinski definition) is 3. The van der Waals surface area contributed by atoms with Gasteiger partial charge in [-0.3, -0.25) is 4.79 Å². The van der Waals surface area contributed by atoms with Crippen molar-refractivity contribution in [3.63, 3.8) is 0 Å². The van der Waals surface area contributed by atoms with Crippen LogP contribution in [0, 0.1) is 11.3 Å². The molecule has 16 heavy (non-hydrogen) atoms. The van der Waals surface area contributed by atoms with Crippen molar-refractivity contribution in [1.82, 2.24) is 0 Å². The first-order valence-electron chi connectivity index (χ1n) is 4.61. The highest BCUT2D eigenvalue weighted by Crippen LogP contribution is 2.22. The Labute approximate surface area is 98.8 Å². The summed E-state index contributed by atoms with van der Waals surface area (Å²) in [5.41, 5.74) is 0.914. The van der Waals surface area contributed by atoms with E-state index in [0.717, 1.165) is 0 Å². The van der Waals surface area contributed by atoms with Gasteiger partial charge in [-0.05, 0) is 25.1 Å². The van der Waals surface area contributed by atoms with Gasteiger partial charge in [-0.25, -0.2) is 0 Å². The van der Waals surface area contributed by atoms with E-state index in [4.69, 9.17) is 21.6 Å². The van der Waals surface area contributed by atoms with E-state index in [0.29, 0.717) is 16.3 Å². The molecule has 0 aliphatic rings. The van der Waals surface area contributed by atoms with Crippen LogP contribution in [0.2, 0.25) is 5.02 Å². The Morgan fingerprint density at radius 2 is 2.31 bits per heavy atom. The number of benzene rings is 1. The molecule has 1 aromatic carbocycles. The van der Waals surface area contributed by atoms with Crippen molar-refractivity contribution in [3.05, 3.63) is 28.8 Å². The van der Waals surface area contributed by atoms with Gasteiger partial charge in [-0.1, -0.05) is 11.6 Å². The molecule has 1 amide bonds. The molecule has 0 aromatic heterocycles. The van der Waals surface area contributed by atoms with E-state index in [-0.39, 0.29) is 5.91 Å². The zero-order valence-corrected chi connectivity index (χ0v) is 9.71. The van der Waals surface area contributed by atoms with Crippen LogP contribution in [0.1, 0.15) is 12.5 Å². The Morgan fingerprint density at radius 3 is 2.81 bits per heavy atom. The minimum absolute atomic E-state index is 0.283. The lowest BCUT2D eigenvalue weighted by atomic mass is 10.2. The highest BCUT2D eigenvalue weighted by Gasteiger charge is 2.13. The van der Waals surface area contributed by atoms with Gasteiger partial charge in [0.1, 0.15) is 6.10 Å². The van der Waals surface area contributed by atoms with Gasteiger partial charge in [0.25, 0.3) is 5.91 Å². The topological polar surface area (TPSA) is 62.1 Å². The molecular weight excluding hydrogens is 228 g/mol. The van der Waals surface area contributed by atoms with Crippen LogP contribution in [0.25, 0.3) is 0 Å². The number of amides is 1. The minimum atomic E-state index is -0.549. The molecule has 0 bridgehead atoms. The van der Waals surface area contributed by atoms with Crippen LogP contribution < -0.4 is 5.32 Å². The first-order valence-corrected chi connectivity index (χ1v) is 4.99. The highest BCUT2D eigenvalue weighted by molar-refractivity contribution is 6.33. The summed E-state index contributed by atoms with van der Waals surface area (Å²) in [6.07, 6.45) is -0.549. The van der Waals surface area contributed by atoms with Gasteiger partial charge in [0, 0.05) is 7.11 Å².